The Bertz CT molecular complexity index is 2010. The number of hydrogen-bond acceptors (Lipinski definition) is 3. The SMILES string of the molecule is CC1(c2ccccc2)c2ccccc2C(=O)c2ccc(-c3ccc4c(c3)Sc3cccc(-c5ccccc5)c3S4)cc21. The molecule has 0 N–H and O–H groups in total. The van der Waals surface area contributed by atoms with Crippen molar-refractivity contribution < 1.29 is 4.79 Å². The number of ketones is 1. The Kier molecular flexibility index (Phi) is 5.99. The highest BCUT2D eigenvalue weighted by atomic mass is 32.2. The zero-order chi connectivity index (χ0) is 28.3. The monoisotopic (exact) mass is 574 g/mol. The van der Waals surface area contributed by atoms with E-state index in [0.717, 1.165) is 33.4 Å². The van der Waals surface area contributed by atoms with Crippen LogP contribution in [0.2, 0.25) is 0 Å². The minimum atomic E-state index is -0.442. The van der Waals surface area contributed by atoms with Crippen molar-refractivity contribution in [2.45, 2.75) is 31.9 Å². The molecule has 3 heteroatoms. The Morgan fingerprint density at radius 3 is 1.98 bits per heavy atom. The highest BCUT2D eigenvalue weighted by molar-refractivity contribution is 8.05. The highest BCUT2D eigenvalue weighted by Crippen LogP contribution is 2.53. The van der Waals surface area contributed by atoms with Gasteiger partial charge in [-0.2, -0.15) is 0 Å². The van der Waals surface area contributed by atoms with Crippen molar-refractivity contribution in [1.29, 1.82) is 0 Å². The second-order valence-corrected chi connectivity index (χ2v) is 13.1. The lowest BCUT2D eigenvalue weighted by Gasteiger charge is -2.38. The summed E-state index contributed by atoms with van der Waals surface area (Å²) in [6.07, 6.45) is 0. The summed E-state index contributed by atoms with van der Waals surface area (Å²) >= 11 is 3.70. The lowest BCUT2D eigenvalue weighted by molar-refractivity contribution is 0.103. The van der Waals surface area contributed by atoms with E-state index in [0.29, 0.717) is 0 Å². The average Bonchev–Trinajstić information content (AvgIpc) is 3.06. The van der Waals surface area contributed by atoms with Gasteiger partial charge in [-0.1, -0.05) is 139 Å². The summed E-state index contributed by atoms with van der Waals surface area (Å²) in [4.78, 5) is 18.9. The summed E-state index contributed by atoms with van der Waals surface area (Å²) in [7, 11) is 0. The third-order valence-corrected chi connectivity index (χ3v) is 11.2. The summed E-state index contributed by atoms with van der Waals surface area (Å²) in [6.45, 7) is 2.26. The quantitative estimate of drug-likeness (QED) is 0.209. The first-order valence-corrected chi connectivity index (χ1v) is 15.8. The van der Waals surface area contributed by atoms with E-state index in [4.69, 9.17) is 0 Å². The molecule has 0 saturated heterocycles. The largest absolute Gasteiger partial charge is 0.289 e. The summed E-state index contributed by atoms with van der Waals surface area (Å²) < 4.78 is 0. The molecule has 0 amide bonds. The Morgan fingerprint density at radius 1 is 0.476 bits per heavy atom. The molecule has 8 rings (SSSR count). The lowest BCUT2D eigenvalue weighted by Crippen LogP contribution is -2.34. The van der Waals surface area contributed by atoms with Crippen LogP contribution in [0.25, 0.3) is 22.3 Å². The molecule has 2 aliphatic rings. The van der Waals surface area contributed by atoms with E-state index in [2.05, 4.69) is 116 Å². The van der Waals surface area contributed by atoms with Crippen LogP contribution in [-0.2, 0) is 5.41 Å². The van der Waals surface area contributed by atoms with Crippen LogP contribution < -0.4 is 0 Å². The van der Waals surface area contributed by atoms with Gasteiger partial charge in [-0.3, -0.25) is 4.79 Å². The zero-order valence-corrected chi connectivity index (χ0v) is 24.6. The molecular formula is C39H26OS2. The fraction of sp³-hybridized carbons (Fsp3) is 0.0513. The number of carbonyl (C=O) groups excluding carboxylic acids is 1. The fourth-order valence-electron chi connectivity index (χ4n) is 6.45. The molecule has 200 valence electrons. The van der Waals surface area contributed by atoms with Gasteiger partial charge in [0.25, 0.3) is 0 Å². The van der Waals surface area contributed by atoms with Gasteiger partial charge in [-0.15, -0.1) is 0 Å². The maximum absolute atomic E-state index is 13.7. The molecule has 0 spiro atoms. The van der Waals surface area contributed by atoms with Crippen LogP contribution >= 0.6 is 23.5 Å². The molecule has 0 aromatic heterocycles. The normalized spacial score (nSPS) is 16.6. The Labute approximate surface area is 254 Å². The van der Waals surface area contributed by atoms with Gasteiger partial charge < -0.3 is 0 Å². The van der Waals surface area contributed by atoms with Gasteiger partial charge in [-0.05, 0) is 70.1 Å². The van der Waals surface area contributed by atoms with E-state index in [9.17, 15) is 4.79 Å². The predicted molar refractivity (Wildman–Crippen MR) is 174 cm³/mol. The van der Waals surface area contributed by atoms with Crippen LogP contribution in [0.3, 0.4) is 0 Å². The zero-order valence-electron chi connectivity index (χ0n) is 23.0. The Morgan fingerprint density at radius 2 is 1.14 bits per heavy atom. The predicted octanol–water partition coefficient (Wildman–Crippen LogP) is 10.5. The smallest absolute Gasteiger partial charge is 0.193 e. The van der Waals surface area contributed by atoms with Gasteiger partial charge in [-0.25, -0.2) is 0 Å². The molecule has 1 atom stereocenters. The third-order valence-electron chi connectivity index (χ3n) is 8.64. The van der Waals surface area contributed by atoms with Crippen LogP contribution in [0.5, 0.6) is 0 Å². The second kappa shape index (κ2) is 9.90. The molecular weight excluding hydrogens is 549 g/mol. The summed E-state index contributed by atoms with van der Waals surface area (Å²) in [5.74, 6) is 0.101. The number of carbonyl (C=O) groups is 1. The van der Waals surface area contributed by atoms with Gasteiger partial charge in [0.05, 0.1) is 0 Å². The Balaban J connectivity index is 1.22. The summed E-state index contributed by atoms with van der Waals surface area (Å²) in [5.41, 5.74) is 9.26. The minimum absolute atomic E-state index is 0.101. The van der Waals surface area contributed by atoms with Crippen molar-refractivity contribution >= 4 is 29.3 Å². The second-order valence-electron chi connectivity index (χ2n) is 11.0. The van der Waals surface area contributed by atoms with Gasteiger partial charge in [0.15, 0.2) is 5.78 Å². The Hall–Kier alpha value is -4.31. The molecule has 6 aromatic rings. The van der Waals surface area contributed by atoms with Crippen molar-refractivity contribution in [3.8, 4) is 22.3 Å². The highest BCUT2D eigenvalue weighted by Gasteiger charge is 2.41. The van der Waals surface area contributed by atoms with Gasteiger partial charge >= 0.3 is 0 Å². The average molecular weight is 575 g/mol. The molecule has 0 bridgehead atoms. The van der Waals surface area contributed by atoms with Gasteiger partial charge in [0.1, 0.15) is 0 Å². The summed E-state index contributed by atoms with van der Waals surface area (Å²) in [5, 5.41) is 0. The molecule has 1 unspecified atom stereocenters. The third kappa shape index (κ3) is 3.92. The lowest BCUT2D eigenvalue weighted by atomic mass is 9.63. The van der Waals surface area contributed by atoms with Crippen LogP contribution in [0, 0.1) is 0 Å². The standard InChI is InChI=1S/C39H26OS2/c1-39(28-13-6-3-7-14-28)32-17-9-8-15-30(32)37(40)31-21-19-26(23-33(31)39)27-20-22-34-36(24-27)41-35-18-10-16-29(38(35)42-34)25-11-4-2-5-12-25/h2-24H,1H3. The summed E-state index contributed by atoms with van der Waals surface area (Å²) in [6, 6.07) is 49.1. The van der Waals surface area contributed by atoms with Crippen molar-refractivity contribution in [3.05, 3.63) is 167 Å². The van der Waals surface area contributed by atoms with Crippen LogP contribution in [0.1, 0.15) is 39.5 Å². The topological polar surface area (TPSA) is 17.1 Å². The molecule has 1 aliphatic heterocycles. The van der Waals surface area contributed by atoms with E-state index in [-0.39, 0.29) is 5.78 Å². The van der Waals surface area contributed by atoms with Crippen LogP contribution in [0.15, 0.2) is 159 Å². The molecule has 0 radical (unpaired) electrons. The molecule has 0 fully saturated rings. The van der Waals surface area contributed by atoms with Crippen molar-refractivity contribution in [2.75, 3.05) is 0 Å². The number of rotatable bonds is 3. The van der Waals surface area contributed by atoms with E-state index in [1.807, 2.05) is 53.9 Å². The van der Waals surface area contributed by atoms with E-state index >= 15 is 0 Å². The van der Waals surface area contributed by atoms with E-state index < -0.39 is 5.41 Å². The first-order valence-electron chi connectivity index (χ1n) is 14.1. The molecule has 42 heavy (non-hydrogen) atoms. The van der Waals surface area contributed by atoms with Crippen molar-refractivity contribution in [2.24, 2.45) is 0 Å². The van der Waals surface area contributed by atoms with E-state index in [1.165, 1.54) is 36.3 Å². The van der Waals surface area contributed by atoms with Crippen LogP contribution in [-0.4, -0.2) is 5.78 Å². The number of benzene rings is 6. The molecule has 1 heterocycles. The number of hydrogen-bond donors (Lipinski definition) is 0. The fourth-order valence-corrected chi connectivity index (χ4v) is 8.87. The van der Waals surface area contributed by atoms with Crippen molar-refractivity contribution in [1.82, 2.24) is 0 Å². The first kappa shape index (κ1) is 25.4. The molecule has 0 saturated carbocycles. The molecule has 6 aromatic carbocycles. The number of fused-ring (bicyclic) bond motifs is 4. The maximum atomic E-state index is 13.7. The van der Waals surface area contributed by atoms with E-state index in [1.54, 1.807) is 0 Å². The molecule has 1 aliphatic carbocycles. The van der Waals surface area contributed by atoms with Crippen molar-refractivity contribution in [3.63, 3.8) is 0 Å². The minimum Gasteiger partial charge on any atom is -0.289 e. The molecule has 1 nitrogen and oxygen atoms in total. The van der Waals surface area contributed by atoms with Gasteiger partial charge in [0, 0.05) is 36.1 Å². The van der Waals surface area contributed by atoms with Gasteiger partial charge in [0.2, 0.25) is 0 Å². The maximum Gasteiger partial charge on any atom is 0.193 e. The van der Waals surface area contributed by atoms with Crippen LogP contribution in [0.4, 0.5) is 0 Å². The first-order chi connectivity index (χ1) is 20.6.